The van der Waals surface area contributed by atoms with Crippen LogP contribution in [0.3, 0.4) is 0 Å². The molecule has 2 N–H and O–H groups in total. The number of aromatic hydroxyl groups is 1. The largest absolute Gasteiger partial charge is 0.508 e. The minimum Gasteiger partial charge on any atom is -0.508 e. The molecule has 0 heterocycles. The Kier molecular flexibility index (Phi) is 44.4. The van der Waals surface area contributed by atoms with Crippen molar-refractivity contribution in [1.82, 2.24) is 5.32 Å². The lowest BCUT2D eigenvalue weighted by atomic mass is 10.0. The molecule has 1 atom stereocenters. The first-order valence-electron chi connectivity index (χ1n) is 10.7. The molecule has 1 unspecified atom stereocenters. The van der Waals surface area contributed by atoms with E-state index in [1.54, 1.807) is 20.0 Å². The third kappa shape index (κ3) is 22.9. The van der Waals surface area contributed by atoms with E-state index in [9.17, 15) is 9.90 Å². The fraction of sp³-hybridized carbons (Fsp3) is 0.696. The molecule has 4 heteroatoms. The summed E-state index contributed by atoms with van der Waals surface area (Å²) in [5.41, 5.74) is 0.868. The van der Waals surface area contributed by atoms with Crippen molar-refractivity contribution in [2.45, 2.75) is 101 Å². The predicted octanol–water partition coefficient (Wildman–Crippen LogP) is 7.68. The fourth-order valence-corrected chi connectivity index (χ4v) is 1.96. The summed E-state index contributed by atoms with van der Waals surface area (Å²) in [6.07, 6.45) is 2.36. The van der Waals surface area contributed by atoms with Crippen molar-refractivity contribution in [2.24, 2.45) is 0 Å². The van der Waals surface area contributed by atoms with E-state index < -0.39 is 0 Å². The summed E-state index contributed by atoms with van der Waals surface area (Å²) >= 11 is 5.75. The zero-order chi connectivity index (χ0) is 22.8. The van der Waals surface area contributed by atoms with Gasteiger partial charge in [0, 0.05) is 5.02 Å². The first-order valence-corrected chi connectivity index (χ1v) is 11.1. The van der Waals surface area contributed by atoms with E-state index in [4.69, 9.17) is 11.6 Å². The molecule has 0 saturated heterocycles. The Labute approximate surface area is 175 Å². The van der Waals surface area contributed by atoms with Crippen LogP contribution >= 0.6 is 11.6 Å². The molecule has 1 aromatic rings. The van der Waals surface area contributed by atoms with Gasteiger partial charge in [-0.1, -0.05) is 86.9 Å². The van der Waals surface area contributed by atoms with Gasteiger partial charge in [-0.25, -0.2) is 0 Å². The summed E-state index contributed by atoms with van der Waals surface area (Å²) in [5.74, 6) is 0.370. The maximum absolute atomic E-state index is 11.2. The van der Waals surface area contributed by atoms with Crippen molar-refractivity contribution in [3.05, 3.63) is 28.8 Å². The standard InChI is InChI=1S/C13H18ClNO2.5C2H6/c1-9(16)12(15-2)5-3-4-10-6-7-11(14)8-13(10)17;5*1-2/h6-8,12,15,17H,3-5H2,1-2H3;5*1-2H3. The Hall–Kier alpha value is -1.06. The predicted molar refractivity (Wildman–Crippen MR) is 126 cm³/mol. The topological polar surface area (TPSA) is 49.3 Å². The second kappa shape index (κ2) is 32.6. The van der Waals surface area contributed by atoms with Crippen LogP contribution in [0.4, 0.5) is 0 Å². The first kappa shape index (κ1) is 36.8. The quantitative estimate of drug-likeness (QED) is 0.510. The van der Waals surface area contributed by atoms with Gasteiger partial charge in [-0.05, 0) is 50.9 Å². The molecular weight excluding hydrogens is 358 g/mol. The molecule has 0 fully saturated rings. The van der Waals surface area contributed by atoms with Crippen LogP contribution in [-0.2, 0) is 11.2 Å². The van der Waals surface area contributed by atoms with Crippen molar-refractivity contribution in [2.75, 3.05) is 7.05 Å². The molecule has 0 saturated carbocycles. The highest BCUT2D eigenvalue weighted by Gasteiger charge is 2.11. The Balaban J connectivity index is -0.000000139. The second-order valence-electron chi connectivity index (χ2n) is 4.12. The average Bonchev–Trinajstić information content (AvgIpc) is 2.74. The van der Waals surface area contributed by atoms with Gasteiger partial charge in [0.1, 0.15) is 11.5 Å². The van der Waals surface area contributed by atoms with Crippen molar-refractivity contribution >= 4 is 17.4 Å². The van der Waals surface area contributed by atoms with Crippen LogP contribution in [0.2, 0.25) is 5.02 Å². The van der Waals surface area contributed by atoms with Crippen LogP contribution in [0.1, 0.15) is 94.6 Å². The Morgan fingerprint density at radius 2 is 1.44 bits per heavy atom. The molecule has 164 valence electrons. The molecular formula is C23H48ClNO2. The molecule has 1 rings (SSSR count). The number of phenols is 1. The number of phenolic OH excluding ortho intramolecular Hbond substituents is 1. The van der Waals surface area contributed by atoms with Gasteiger partial charge in [0.2, 0.25) is 0 Å². The molecule has 27 heavy (non-hydrogen) atoms. The van der Waals surface area contributed by atoms with Gasteiger partial charge >= 0.3 is 0 Å². The number of benzene rings is 1. The number of hydrogen-bond acceptors (Lipinski definition) is 3. The van der Waals surface area contributed by atoms with E-state index in [1.165, 1.54) is 6.07 Å². The van der Waals surface area contributed by atoms with Gasteiger partial charge in [0.05, 0.1) is 6.04 Å². The molecule has 1 aromatic carbocycles. The van der Waals surface area contributed by atoms with Crippen molar-refractivity contribution in [3.8, 4) is 5.75 Å². The SMILES string of the molecule is CC.CC.CC.CC.CC.CNC(CCCc1ccc(Cl)cc1O)C(C)=O. The number of halogens is 1. The van der Waals surface area contributed by atoms with Gasteiger partial charge in [0.25, 0.3) is 0 Å². The number of nitrogens with one attached hydrogen (secondary N) is 1. The maximum atomic E-state index is 11.2. The molecule has 0 spiro atoms. The van der Waals surface area contributed by atoms with E-state index in [1.807, 2.05) is 75.3 Å². The molecule has 0 aliphatic rings. The van der Waals surface area contributed by atoms with Crippen LogP contribution in [0.5, 0.6) is 5.75 Å². The summed E-state index contributed by atoms with van der Waals surface area (Å²) in [7, 11) is 1.78. The third-order valence-electron chi connectivity index (χ3n) is 2.83. The van der Waals surface area contributed by atoms with E-state index in [0.717, 1.165) is 24.8 Å². The highest BCUT2D eigenvalue weighted by atomic mass is 35.5. The molecule has 3 nitrogen and oxygen atoms in total. The van der Waals surface area contributed by atoms with Gasteiger partial charge in [-0.2, -0.15) is 0 Å². The van der Waals surface area contributed by atoms with Crippen LogP contribution in [0, 0.1) is 0 Å². The summed E-state index contributed by atoms with van der Waals surface area (Å²) < 4.78 is 0. The van der Waals surface area contributed by atoms with Crippen LogP contribution in [0.15, 0.2) is 18.2 Å². The number of carbonyl (C=O) groups is 1. The maximum Gasteiger partial charge on any atom is 0.146 e. The minimum atomic E-state index is -0.0931. The van der Waals surface area contributed by atoms with E-state index in [-0.39, 0.29) is 17.6 Å². The molecule has 0 aliphatic carbocycles. The number of rotatable bonds is 6. The molecule has 0 bridgehead atoms. The molecule has 0 radical (unpaired) electrons. The lowest BCUT2D eigenvalue weighted by molar-refractivity contribution is -0.119. The highest BCUT2D eigenvalue weighted by Crippen LogP contribution is 2.23. The van der Waals surface area contributed by atoms with Gasteiger partial charge in [-0.3, -0.25) is 4.79 Å². The van der Waals surface area contributed by atoms with Crippen molar-refractivity contribution < 1.29 is 9.90 Å². The second-order valence-corrected chi connectivity index (χ2v) is 4.55. The van der Waals surface area contributed by atoms with Gasteiger partial charge in [-0.15, -0.1) is 0 Å². The van der Waals surface area contributed by atoms with Crippen LogP contribution in [0.25, 0.3) is 0 Å². The number of ketones is 1. The number of aryl methyl sites for hydroxylation is 1. The van der Waals surface area contributed by atoms with E-state index >= 15 is 0 Å². The van der Waals surface area contributed by atoms with E-state index in [0.29, 0.717) is 5.02 Å². The molecule has 0 aromatic heterocycles. The Morgan fingerprint density at radius 3 is 1.78 bits per heavy atom. The zero-order valence-electron chi connectivity index (χ0n) is 20.2. The Morgan fingerprint density at radius 1 is 1.00 bits per heavy atom. The third-order valence-corrected chi connectivity index (χ3v) is 3.06. The number of hydrogen-bond donors (Lipinski definition) is 2. The van der Waals surface area contributed by atoms with E-state index in [2.05, 4.69) is 5.32 Å². The minimum absolute atomic E-state index is 0.0931. The van der Waals surface area contributed by atoms with Crippen molar-refractivity contribution in [3.63, 3.8) is 0 Å². The van der Waals surface area contributed by atoms with Crippen LogP contribution < -0.4 is 5.32 Å². The first-order chi connectivity index (χ1) is 13.0. The summed E-state index contributed by atoms with van der Waals surface area (Å²) in [4.78, 5) is 11.2. The zero-order valence-corrected chi connectivity index (χ0v) is 20.9. The lowest BCUT2D eigenvalue weighted by Gasteiger charge is -2.12. The van der Waals surface area contributed by atoms with Crippen molar-refractivity contribution in [1.29, 1.82) is 0 Å². The summed E-state index contributed by atoms with van der Waals surface area (Å²) in [6, 6.07) is 5.03. The number of carbonyl (C=O) groups excluding carboxylic acids is 1. The van der Waals surface area contributed by atoms with Gasteiger partial charge in [0.15, 0.2) is 0 Å². The molecule has 0 amide bonds. The summed E-state index contributed by atoms with van der Waals surface area (Å²) in [6.45, 7) is 21.6. The lowest BCUT2D eigenvalue weighted by Crippen LogP contribution is -2.32. The van der Waals surface area contributed by atoms with Crippen LogP contribution in [-0.4, -0.2) is 24.0 Å². The fourth-order valence-electron chi connectivity index (χ4n) is 1.80. The Bertz CT molecular complexity index is 396. The number of Topliss-reactive ketones (excluding diaryl/α,β-unsaturated/α-hetero) is 1. The smallest absolute Gasteiger partial charge is 0.146 e. The monoisotopic (exact) mass is 405 g/mol. The highest BCUT2D eigenvalue weighted by molar-refractivity contribution is 6.30. The summed E-state index contributed by atoms with van der Waals surface area (Å²) in [5, 5.41) is 13.2. The molecule has 0 aliphatic heterocycles. The van der Waals surface area contributed by atoms with Gasteiger partial charge < -0.3 is 10.4 Å². The average molecular weight is 406 g/mol. The normalized spacial score (nSPS) is 8.93. The number of likely N-dealkylation sites (N-methyl/N-ethyl adjacent to an activating group) is 1.